The SMILES string of the molecule is CCn1ncc(CN2CCC(N3C(=O)C4(CCCC4)C3c3scnc3C)CC2)c1C. The predicted octanol–water partition coefficient (Wildman–Crippen LogP) is 4.08. The van der Waals surface area contributed by atoms with Crippen LogP contribution in [0.3, 0.4) is 0 Å². The van der Waals surface area contributed by atoms with Crippen molar-refractivity contribution in [3.05, 3.63) is 33.5 Å². The fraction of sp³-hybridized carbons (Fsp3) is 0.696. The van der Waals surface area contributed by atoms with Crippen LogP contribution in [0, 0.1) is 19.3 Å². The van der Waals surface area contributed by atoms with Crippen LogP contribution in [0.15, 0.2) is 11.7 Å². The number of carbonyl (C=O) groups is 1. The second-order valence-electron chi connectivity index (χ2n) is 9.36. The molecular weight excluding hydrogens is 394 g/mol. The fourth-order valence-corrected chi connectivity index (χ4v) is 7.08. The van der Waals surface area contributed by atoms with Gasteiger partial charge < -0.3 is 4.90 Å². The standard InChI is InChI=1S/C23H33N5OS/c1-4-27-17(3)18(13-25-27)14-26-11-7-19(8-12-26)28-21(20-16(2)24-15-30-20)23(22(28)29)9-5-6-10-23/h13,15,19,21H,4-12,14H2,1-3H3. The first kappa shape index (κ1) is 20.2. The molecule has 0 aromatic carbocycles. The molecular formula is C23H33N5OS. The maximum absolute atomic E-state index is 13.4. The Labute approximate surface area is 183 Å². The van der Waals surface area contributed by atoms with Gasteiger partial charge in [0.05, 0.1) is 33.7 Å². The predicted molar refractivity (Wildman–Crippen MR) is 118 cm³/mol. The van der Waals surface area contributed by atoms with E-state index in [1.165, 1.54) is 29.0 Å². The Balaban J connectivity index is 1.29. The van der Waals surface area contributed by atoms with Crippen LogP contribution in [-0.4, -0.2) is 49.6 Å². The van der Waals surface area contributed by atoms with Crippen LogP contribution >= 0.6 is 11.3 Å². The van der Waals surface area contributed by atoms with Gasteiger partial charge in [-0.05, 0) is 46.5 Å². The second-order valence-corrected chi connectivity index (χ2v) is 10.2. The van der Waals surface area contributed by atoms with E-state index in [1.807, 2.05) is 11.7 Å². The highest BCUT2D eigenvalue weighted by atomic mass is 32.1. The normalized spacial score (nSPS) is 24.7. The smallest absolute Gasteiger partial charge is 0.232 e. The van der Waals surface area contributed by atoms with E-state index in [0.717, 1.165) is 57.6 Å². The van der Waals surface area contributed by atoms with E-state index in [9.17, 15) is 4.79 Å². The minimum absolute atomic E-state index is 0.125. The van der Waals surface area contributed by atoms with Crippen LogP contribution in [0.1, 0.15) is 73.3 Å². The fourth-order valence-electron chi connectivity index (χ4n) is 6.07. The van der Waals surface area contributed by atoms with E-state index in [0.29, 0.717) is 11.9 Å². The number of hydrogen-bond acceptors (Lipinski definition) is 5. The van der Waals surface area contributed by atoms with Gasteiger partial charge >= 0.3 is 0 Å². The third-order valence-electron chi connectivity index (χ3n) is 7.84. The molecule has 6 nitrogen and oxygen atoms in total. The topological polar surface area (TPSA) is 54.3 Å². The molecule has 3 aliphatic rings. The lowest BCUT2D eigenvalue weighted by Gasteiger charge is -2.58. The van der Waals surface area contributed by atoms with Crippen molar-refractivity contribution in [2.45, 2.75) is 84.5 Å². The van der Waals surface area contributed by atoms with Crippen LogP contribution in [0.25, 0.3) is 0 Å². The second kappa shape index (κ2) is 7.75. The lowest BCUT2D eigenvalue weighted by atomic mass is 9.67. The van der Waals surface area contributed by atoms with Gasteiger partial charge in [-0.15, -0.1) is 11.3 Å². The molecule has 7 heteroatoms. The van der Waals surface area contributed by atoms with Gasteiger partial charge in [0.1, 0.15) is 0 Å². The van der Waals surface area contributed by atoms with E-state index in [-0.39, 0.29) is 11.5 Å². The number of β-lactam (4-membered cyclic amide) rings is 1. The highest BCUT2D eigenvalue weighted by molar-refractivity contribution is 7.09. The zero-order valence-corrected chi connectivity index (χ0v) is 19.2. The highest BCUT2D eigenvalue weighted by Crippen LogP contribution is 2.61. The average Bonchev–Trinajstić information content (AvgIpc) is 3.49. The number of aryl methyl sites for hydroxylation is 2. The number of likely N-dealkylation sites (tertiary alicyclic amines) is 2. The lowest BCUT2D eigenvalue weighted by Crippen LogP contribution is -2.66. The molecule has 1 aliphatic carbocycles. The lowest BCUT2D eigenvalue weighted by molar-refractivity contribution is -0.180. The molecule has 5 rings (SSSR count). The van der Waals surface area contributed by atoms with Crippen LogP contribution in [0.5, 0.6) is 0 Å². The molecule has 1 unspecified atom stereocenters. The largest absolute Gasteiger partial charge is 0.330 e. The van der Waals surface area contributed by atoms with Gasteiger partial charge in [0, 0.05) is 43.5 Å². The molecule has 0 bridgehead atoms. The Morgan fingerprint density at radius 1 is 1.20 bits per heavy atom. The number of piperidine rings is 1. The molecule has 1 amide bonds. The monoisotopic (exact) mass is 427 g/mol. The number of carbonyl (C=O) groups excluding carboxylic acids is 1. The summed E-state index contributed by atoms with van der Waals surface area (Å²) in [7, 11) is 0. The maximum atomic E-state index is 13.4. The first-order valence-electron chi connectivity index (χ1n) is 11.5. The summed E-state index contributed by atoms with van der Waals surface area (Å²) in [6.07, 6.45) is 8.66. The van der Waals surface area contributed by atoms with Crippen molar-refractivity contribution in [2.75, 3.05) is 13.1 Å². The molecule has 1 saturated carbocycles. The van der Waals surface area contributed by atoms with Gasteiger partial charge in [0.25, 0.3) is 0 Å². The van der Waals surface area contributed by atoms with Crippen molar-refractivity contribution in [2.24, 2.45) is 5.41 Å². The summed E-state index contributed by atoms with van der Waals surface area (Å²) in [6, 6.07) is 0.632. The molecule has 1 atom stereocenters. The molecule has 0 radical (unpaired) electrons. The third kappa shape index (κ3) is 3.04. The Morgan fingerprint density at radius 2 is 1.93 bits per heavy atom. The molecule has 2 saturated heterocycles. The molecule has 0 N–H and O–H groups in total. The third-order valence-corrected chi connectivity index (χ3v) is 8.82. The number of nitrogens with zero attached hydrogens (tertiary/aromatic N) is 5. The number of amides is 1. The van der Waals surface area contributed by atoms with E-state index < -0.39 is 0 Å². The van der Waals surface area contributed by atoms with Crippen LogP contribution in [0.2, 0.25) is 0 Å². The molecule has 3 fully saturated rings. The van der Waals surface area contributed by atoms with Crippen molar-refractivity contribution >= 4 is 17.2 Å². The van der Waals surface area contributed by atoms with E-state index in [2.05, 4.69) is 45.3 Å². The van der Waals surface area contributed by atoms with Crippen molar-refractivity contribution in [3.8, 4) is 0 Å². The number of aromatic nitrogens is 3. The van der Waals surface area contributed by atoms with Crippen LogP contribution in [0.4, 0.5) is 0 Å². The minimum atomic E-state index is -0.125. The summed E-state index contributed by atoms with van der Waals surface area (Å²) in [5.41, 5.74) is 5.56. The zero-order valence-electron chi connectivity index (χ0n) is 18.4. The van der Waals surface area contributed by atoms with Crippen LogP contribution in [-0.2, 0) is 17.9 Å². The Morgan fingerprint density at radius 3 is 2.53 bits per heavy atom. The van der Waals surface area contributed by atoms with Crippen LogP contribution < -0.4 is 0 Å². The van der Waals surface area contributed by atoms with Crippen molar-refractivity contribution in [1.29, 1.82) is 0 Å². The quantitative estimate of drug-likeness (QED) is 0.675. The van der Waals surface area contributed by atoms with Crippen molar-refractivity contribution in [1.82, 2.24) is 24.6 Å². The summed E-state index contributed by atoms with van der Waals surface area (Å²) < 4.78 is 2.07. The summed E-state index contributed by atoms with van der Waals surface area (Å²) in [5, 5.41) is 4.49. The summed E-state index contributed by atoms with van der Waals surface area (Å²) in [5.74, 6) is 0.427. The number of hydrogen-bond donors (Lipinski definition) is 0. The van der Waals surface area contributed by atoms with Gasteiger partial charge in [-0.1, -0.05) is 12.8 Å². The number of thiazole rings is 1. The summed E-state index contributed by atoms with van der Waals surface area (Å²) in [4.78, 5) is 24.1. The van der Waals surface area contributed by atoms with Gasteiger partial charge in [0.2, 0.25) is 5.91 Å². The van der Waals surface area contributed by atoms with Gasteiger partial charge in [0.15, 0.2) is 0 Å². The van der Waals surface area contributed by atoms with Crippen molar-refractivity contribution in [3.63, 3.8) is 0 Å². The summed E-state index contributed by atoms with van der Waals surface area (Å²) >= 11 is 1.75. The molecule has 30 heavy (non-hydrogen) atoms. The Kier molecular flexibility index (Phi) is 5.22. The van der Waals surface area contributed by atoms with E-state index >= 15 is 0 Å². The maximum Gasteiger partial charge on any atom is 0.232 e. The van der Waals surface area contributed by atoms with Gasteiger partial charge in [-0.25, -0.2) is 4.98 Å². The van der Waals surface area contributed by atoms with E-state index in [4.69, 9.17) is 0 Å². The zero-order chi connectivity index (χ0) is 20.9. The first-order valence-corrected chi connectivity index (χ1v) is 12.4. The molecule has 2 aromatic heterocycles. The average molecular weight is 428 g/mol. The highest BCUT2D eigenvalue weighted by Gasteiger charge is 2.63. The Hall–Kier alpha value is -1.73. The first-order chi connectivity index (χ1) is 14.5. The van der Waals surface area contributed by atoms with E-state index in [1.54, 1.807) is 11.3 Å². The molecule has 1 spiro atoms. The van der Waals surface area contributed by atoms with Crippen molar-refractivity contribution < 1.29 is 4.79 Å². The molecule has 162 valence electrons. The molecule has 4 heterocycles. The number of rotatable bonds is 5. The molecule has 2 aliphatic heterocycles. The summed E-state index contributed by atoms with van der Waals surface area (Å²) in [6.45, 7) is 10.4. The minimum Gasteiger partial charge on any atom is -0.330 e. The van der Waals surface area contributed by atoms with Gasteiger partial charge in [-0.2, -0.15) is 5.10 Å². The van der Waals surface area contributed by atoms with Gasteiger partial charge in [-0.3, -0.25) is 14.4 Å². The molecule has 2 aromatic rings. The Bertz CT molecular complexity index is 920.